The predicted molar refractivity (Wildman–Crippen MR) is 264 cm³/mol. The van der Waals surface area contributed by atoms with Gasteiger partial charge in [0.15, 0.2) is 5.76 Å². The van der Waals surface area contributed by atoms with Gasteiger partial charge in [-0.1, -0.05) is 99.8 Å². The highest BCUT2D eigenvalue weighted by Crippen LogP contribution is 2.33. The fourth-order valence-corrected chi connectivity index (χ4v) is 7.95. The zero-order chi connectivity index (χ0) is 51.4. The Morgan fingerprint density at radius 1 is 0.806 bits per heavy atom. The Bertz CT molecular complexity index is 2640. The molecule has 4 amide bonds. The number of fused-ring (bicyclic) bond motifs is 1. The van der Waals surface area contributed by atoms with Crippen LogP contribution >= 0.6 is 0 Å². The lowest BCUT2D eigenvalue weighted by molar-refractivity contribution is -0.171. The Hall–Kier alpha value is -8.15. The maximum atomic E-state index is 13.8. The summed E-state index contributed by atoms with van der Waals surface area (Å²) in [6, 6.07) is 28.2. The number of furan rings is 1. The van der Waals surface area contributed by atoms with Gasteiger partial charge in [0, 0.05) is 12.6 Å². The number of likely N-dealkylation sites (N-methyl/N-ethyl adjacent to an activating group) is 1. The lowest BCUT2D eigenvalue weighted by atomic mass is 9.90. The van der Waals surface area contributed by atoms with Gasteiger partial charge in [-0.3, -0.25) is 24.0 Å². The SMILES string of the molecule is CCCCC[C@@H](C(=O)NCNC(=O)c1ccc(-c2ccc(C(=O)N[C@@H](CC(=O)OCc3ccccc3)C(=O)OCc3ccccc3)c(OCC)c2)o1)[C@@H](CC)N(C=O)OC(=O)c1ccc2c(c1)N(C)CCO2. The third-order valence-electron chi connectivity index (χ3n) is 11.8. The molecule has 5 aromatic rings. The number of anilines is 1. The molecule has 0 spiro atoms. The predicted octanol–water partition coefficient (Wildman–Crippen LogP) is 7.16. The second kappa shape index (κ2) is 26.7. The molecule has 1 aliphatic rings. The molecule has 1 aromatic heterocycles. The number of hydrogen-bond acceptors (Lipinski definition) is 14. The maximum Gasteiger partial charge on any atom is 0.363 e. The molecule has 72 heavy (non-hydrogen) atoms. The van der Waals surface area contributed by atoms with Crippen LogP contribution in [0.4, 0.5) is 5.69 Å². The monoisotopic (exact) mass is 987 g/mol. The summed E-state index contributed by atoms with van der Waals surface area (Å²) in [6.45, 7) is 6.44. The fourth-order valence-electron chi connectivity index (χ4n) is 7.95. The molecule has 18 nitrogen and oxygen atoms in total. The average molecular weight is 988 g/mol. The minimum absolute atomic E-state index is 0.0298. The van der Waals surface area contributed by atoms with E-state index in [0.29, 0.717) is 55.0 Å². The van der Waals surface area contributed by atoms with E-state index in [9.17, 15) is 33.6 Å². The quantitative estimate of drug-likeness (QED) is 0.0165. The molecule has 18 heteroatoms. The zero-order valence-corrected chi connectivity index (χ0v) is 40.9. The van der Waals surface area contributed by atoms with Crippen LogP contribution in [0.2, 0.25) is 0 Å². The summed E-state index contributed by atoms with van der Waals surface area (Å²) in [7, 11) is 1.88. The largest absolute Gasteiger partial charge is 0.493 e. The summed E-state index contributed by atoms with van der Waals surface area (Å²) in [5.41, 5.74) is 2.86. The standard InChI is InChI=1S/C54H61N5O13/c1-5-8-11-20-40(43(6-2)59(35-60)72-53(65)39-22-24-46-44(29-39)58(4)27-28-68-46)50(62)55-34-56-52(64)47-26-25-45(71-47)38-21-23-41(48(30-38)67-7-3)51(63)57-42(54(66)70-33-37-18-14-10-15-19-37)31-49(61)69-32-36-16-12-9-13-17-36/h9-10,12-19,21-26,29-30,35,40,42-43H,5-8,11,20,27-28,31-34H2,1-4H3,(H,55,62)(H,56,64)(H,57,63)/t40-,42+,43-/m1/s1. The van der Waals surface area contributed by atoms with Gasteiger partial charge in [-0.15, -0.1) is 0 Å². The first kappa shape index (κ1) is 53.2. The highest BCUT2D eigenvalue weighted by molar-refractivity contribution is 6.00. The lowest BCUT2D eigenvalue weighted by Gasteiger charge is -2.32. The topological polar surface area (TPSA) is 221 Å². The van der Waals surface area contributed by atoms with Crippen molar-refractivity contribution in [2.24, 2.45) is 5.92 Å². The number of esters is 2. The van der Waals surface area contributed by atoms with Gasteiger partial charge in [0.05, 0.1) is 55.0 Å². The summed E-state index contributed by atoms with van der Waals surface area (Å²) < 4.78 is 28.3. The Morgan fingerprint density at radius 2 is 1.53 bits per heavy atom. The van der Waals surface area contributed by atoms with Crippen molar-refractivity contribution in [3.8, 4) is 22.8 Å². The molecule has 0 fully saturated rings. The number of ether oxygens (including phenoxy) is 4. The summed E-state index contributed by atoms with van der Waals surface area (Å²) in [5.74, 6) is -4.04. The zero-order valence-electron chi connectivity index (χ0n) is 40.9. The van der Waals surface area contributed by atoms with Crippen molar-refractivity contribution in [1.82, 2.24) is 21.0 Å². The molecular weight excluding hydrogens is 927 g/mol. The normalized spacial score (nSPS) is 12.9. The van der Waals surface area contributed by atoms with Crippen molar-refractivity contribution in [1.29, 1.82) is 0 Å². The van der Waals surface area contributed by atoms with Crippen LogP contribution in [0.1, 0.15) is 102 Å². The molecule has 0 aliphatic carbocycles. The summed E-state index contributed by atoms with van der Waals surface area (Å²) in [6.07, 6.45) is 2.93. The van der Waals surface area contributed by atoms with Gasteiger partial charge in [-0.2, -0.15) is 5.06 Å². The molecule has 0 unspecified atom stereocenters. The minimum Gasteiger partial charge on any atom is -0.493 e. The summed E-state index contributed by atoms with van der Waals surface area (Å²) in [5, 5.41) is 8.89. The molecule has 0 saturated carbocycles. The molecule has 0 saturated heterocycles. The van der Waals surface area contributed by atoms with Crippen LogP contribution in [0, 0.1) is 5.92 Å². The van der Waals surface area contributed by atoms with Crippen molar-refractivity contribution < 1.29 is 61.8 Å². The van der Waals surface area contributed by atoms with E-state index in [2.05, 4.69) is 16.0 Å². The van der Waals surface area contributed by atoms with Gasteiger partial charge in [0.2, 0.25) is 12.3 Å². The summed E-state index contributed by atoms with van der Waals surface area (Å²) in [4.78, 5) is 101. The first-order valence-electron chi connectivity index (χ1n) is 24.0. The molecule has 3 N–H and O–H groups in total. The van der Waals surface area contributed by atoms with Gasteiger partial charge < -0.3 is 49.1 Å². The van der Waals surface area contributed by atoms with Crippen molar-refractivity contribution in [2.75, 3.05) is 38.4 Å². The van der Waals surface area contributed by atoms with Crippen LogP contribution < -0.4 is 30.3 Å². The minimum atomic E-state index is -1.41. The number of benzene rings is 4. The van der Waals surface area contributed by atoms with E-state index in [1.165, 1.54) is 12.1 Å². The maximum absolute atomic E-state index is 13.8. The van der Waals surface area contributed by atoms with Crippen LogP contribution in [0.15, 0.2) is 114 Å². The van der Waals surface area contributed by atoms with Crippen molar-refractivity contribution >= 4 is 47.7 Å². The Balaban J connectivity index is 1.08. The van der Waals surface area contributed by atoms with Gasteiger partial charge in [-0.05, 0) is 73.4 Å². The van der Waals surface area contributed by atoms with Crippen molar-refractivity contribution in [2.45, 2.75) is 84.6 Å². The van der Waals surface area contributed by atoms with Crippen LogP contribution in [0.25, 0.3) is 11.3 Å². The van der Waals surface area contributed by atoms with Gasteiger partial charge in [0.1, 0.15) is 43.1 Å². The van der Waals surface area contributed by atoms with Crippen LogP contribution in [0.3, 0.4) is 0 Å². The molecule has 3 atom stereocenters. The number of unbranched alkanes of at least 4 members (excludes halogenated alkanes) is 2. The molecule has 380 valence electrons. The number of carbonyl (C=O) groups excluding carboxylic acids is 7. The second-order valence-corrected chi connectivity index (χ2v) is 16.9. The Morgan fingerprint density at radius 3 is 2.21 bits per heavy atom. The number of hydrogen-bond donors (Lipinski definition) is 3. The molecule has 2 heterocycles. The lowest BCUT2D eigenvalue weighted by Crippen LogP contribution is -2.49. The van der Waals surface area contributed by atoms with Gasteiger partial charge >= 0.3 is 17.9 Å². The van der Waals surface area contributed by atoms with Crippen LogP contribution in [0.5, 0.6) is 11.5 Å². The average Bonchev–Trinajstić information content (AvgIpc) is 3.90. The molecule has 1 aliphatic heterocycles. The molecular formula is C54H61N5O13. The Labute approximate surface area is 418 Å². The fraction of sp³-hybridized carbons (Fsp3) is 0.352. The first-order valence-corrected chi connectivity index (χ1v) is 24.0. The second-order valence-electron chi connectivity index (χ2n) is 16.9. The highest BCUT2D eigenvalue weighted by Gasteiger charge is 2.34. The van der Waals surface area contributed by atoms with E-state index in [0.717, 1.165) is 23.5 Å². The van der Waals surface area contributed by atoms with E-state index in [4.69, 9.17) is 28.2 Å². The number of hydroxylamine groups is 2. The number of rotatable bonds is 26. The Kier molecular flexibility index (Phi) is 19.7. The van der Waals surface area contributed by atoms with Crippen molar-refractivity contribution in [3.63, 3.8) is 0 Å². The third-order valence-corrected chi connectivity index (χ3v) is 11.8. The van der Waals surface area contributed by atoms with E-state index in [1.807, 2.05) is 31.0 Å². The van der Waals surface area contributed by atoms with Gasteiger partial charge in [0.25, 0.3) is 11.8 Å². The third kappa shape index (κ3) is 14.7. The summed E-state index contributed by atoms with van der Waals surface area (Å²) >= 11 is 0. The number of carbonyl (C=O) groups is 7. The van der Waals surface area contributed by atoms with E-state index in [1.54, 1.807) is 98.8 Å². The van der Waals surface area contributed by atoms with Crippen LogP contribution in [-0.2, 0) is 46.7 Å². The van der Waals surface area contributed by atoms with Crippen molar-refractivity contribution in [3.05, 3.63) is 137 Å². The molecule has 0 radical (unpaired) electrons. The number of amides is 4. The first-order chi connectivity index (χ1) is 34.9. The molecule has 4 aromatic carbocycles. The van der Waals surface area contributed by atoms with E-state index < -0.39 is 60.1 Å². The molecule has 0 bridgehead atoms. The van der Waals surface area contributed by atoms with E-state index in [-0.39, 0.29) is 61.3 Å². The van der Waals surface area contributed by atoms with E-state index >= 15 is 0 Å². The van der Waals surface area contributed by atoms with Crippen LogP contribution in [-0.4, -0.2) is 92.7 Å². The van der Waals surface area contributed by atoms with Gasteiger partial charge in [-0.25, -0.2) is 9.59 Å². The smallest absolute Gasteiger partial charge is 0.363 e. The number of nitrogens with zero attached hydrogens (tertiary/aromatic N) is 2. The number of nitrogens with one attached hydrogen (secondary N) is 3. The molecule has 6 rings (SSSR count). The highest BCUT2D eigenvalue weighted by atomic mass is 16.7.